The minimum atomic E-state index is 0.164. The summed E-state index contributed by atoms with van der Waals surface area (Å²) >= 11 is 0. The van der Waals surface area contributed by atoms with Gasteiger partial charge in [0.25, 0.3) is 0 Å². The van der Waals surface area contributed by atoms with Crippen LogP contribution in [-0.2, 0) is 0 Å². The lowest BCUT2D eigenvalue weighted by molar-refractivity contribution is 0.496. The lowest BCUT2D eigenvalue weighted by atomic mass is 10.0. The van der Waals surface area contributed by atoms with Gasteiger partial charge in [-0.05, 0) is 50.8 Å². The van der Waals surface area contributed by atoms with E-state index in [1.165, 1.54) is 32.1 Å². The van der Waals surface area contributed by atoms with Gasteiger partial charge in [0, 0.05) is 23.8 Å². The first-order valence-electron chi connectivity index (χ1n) is 12.5. The molecule has 33 heavy (non-hydrogen) atoms. The monoisotopic (exact) mass is 448 g/mol. The van der Waals surface area contributed by atoms with Crippen LogP contribution in [0.25, 0.3) is 0 Å². The summed E-state index contributed by atoms with van der Waals surface area (Å²) in [5, 5.41) is 20.3. The minimum Gasteiger partial charge on any atom is -0.351 e. The van der Waals surface area contributed by atoms with Crippen LogP contribution in [0.2, 0.25) is 0 Å². The van der Waals surface area contributed by atoms with E-state index in [9.17, 15) is 5.26 Å². The van der Waals surface area contributed by atoms with Gasteiger partial charge >= 0.3 is 0 Å². The first-order valence-corrected chi connectivity index (χ1v) is 12.5. The van der Waals surface area contributed by atoms with Crippen LogP contribution >= 0.6 is 0 Å². The van der Waals surface area contributed by atoms with Gasteiger partial charge in [0.2, 0.25) is 17.8 Å². The Hall–Kier alpha value is -2.92. The topological polar surface area (TPSA) is 102 Å². The van der Waals surface area contributed by atoms with Gasteiger partial charge in [-0.3, -0.25) is 4.90 Å². The maximum atomic E-state index is 9.51. The molecule has 0 amide bonds. The van der Waals surface area contributed by atoms with Gasteiger partial charge in [-0.1, -0.05) is 50.8 Å². The summed E-state index contributed by atoms with van der Waals surface area (Å²) in [6.07, 6.45) is 10.7. The van der Waals surface area contributed by atoms with Crippen LogP contribution in [0.1, 0.15) is 64.7 Å². The van der Waals surface area contributed by atoms with E-state index in [4.69, 9.17) is 15.0 Å². The normalized spacial score (nSPS) is 19.9. The highest BCUT2D eigenvalue weighted by molar-refractivity contribution is 5.60. The molecule has 2 atom stereocenters. The molecule has 176 valence electrons. The van der Waals surface area contributed by atoms with Gasteiger partial charge in [-0.25, -0.2) is 0 Å². The zero-order chi connectivity index (χ0) is 22.9. The van der Waals surface area contributed by atoms with Crippen LogP contribution in [-0.4, -0.2) is 46.2 Å². The van der Waals surface area contributed by atoms with E-state index in [-0.39, 0.29) is 12.6 Å². The summed E-state index contributed by atoms with van der Waals surface area (Å²) in [4.78, 5) is 16.2. The molecule has 2 aliphatic rings. The largest absolute Gasteiger partial charge is 0.351 e. The van der Waals surface area contributed by atoms with Crippen LogP contribution in [0.5, 0.6) is 0 Å². The zero-order valence-electron chi connectivity index (χ0n) is 19.6. The second kappa shape index (κ2) is 11.8. The Kier molecular flexibility index (Phi) is 8.31. The fraction of sp³-hybridized carbons (Fsp3) is 0.600. The first kappa shape index (κ1) is 23.2. The van der Waals surface area contributed by atoms with Crippen molar-refractivity contribution in [2.45, 2.75) is 82.8 Å². The van der Waals surface area contributed by atoms with Crippen molar-refractivity contribution < 1.29 is 0 Å². The highest BCUT2D eigenvalue weighted by Crippen LogP contribution is 2.26. The average molecular weight is 449 g/mol. The molecule has 1 saturated carbocycles. The van der Waals surface area contributed by atoms with Crippen LogP contribution < -0.4 is 20.9 Å². The third-order valence-corrected chi connectivity index (χ3v) is 6.69. The Bertz CT molecular complexity index is 898. The van der Waals surface area contributed by atoms with Crippen molar-refractivity contribution in [3.05, 3.63) is 30.3 Å². The molecule has 2 heterocycles. The number of nitrogens with zero attached hydrogens (tertiary/aromatic N) is 5. The van der Waals surface area contributed by atoms with Crippen LogP contribution in [0.4, 0.5) is 23.5 Å². The van der Waals surface area contributed by atoms with Crippen LogP contribution in [0.15, 0.2) is 30.3 Å². The number of hydrogen-bond acceptors (Lipinski definition) is 8. The van der Waals surface area contributed by atoms with Crippen molar-refractivity contribution in [1.29, 1.82) is 5.26 Å². The average Bonchev–Trinajstić information content (AvgIpc) is 3.26. The molecule has 3 N–H and O–H groups in total. The molecule has 2 aromatic rings. The predicted molar refractivity (Wildman–Crippen MR) is 133 cm³/mol. The summed E-state index contributed by atoms with van der Waals surface area (Å²) in [7, 11) is 0. The number of para-hydroxylation sites is 1. The van der Waals surface area contributed by atoms with Crippen molar-refractivity contribution in [1.82, 2.24) is 20.3 Å². The molecule has 8 nitrogen and oxygen atoms in total. The van der Waals surface area contributed by atoms with E-state index in [1.54, 1.807) is 0 Å². The quantitative estimate of drug-likeness (QED) is 0.378. The second-order valence-corrected chi connectivity index (χ2v) is 9.06. The summed E-state index contributed by atoms with van der Waals surface area (Å²) in [6, 6.07) is 13.1. The number of nitrogens with one attached hydrogen (secondary N) is 3. The fourth-order valence-electron chi connectivity index (χ4n) is 4.88. The third-order valence-electron chi connectivity index (χ3n) is 6.69. The van der Waals surface area contributed by atoms with Crippen molar-refractivity contribution >= 4 is 23.5 Å². The van der Waals surface area contributed by atoms with Crippen molar-refractivity contribution in [3.8, 4) is 6.07 Å². The van der Waals surface area contributed by atoms with Crippen molar-refractivity contribution in [2.24, 2.45) is 0 Å². The van der Waals surface area contributed by atoms with Gasteiger partial charge in [0.05, 0.1) is 6.07 Å². The van der Waals surface area contributed by atoms with Gasteiger partial charge in [-0.2, -0.15) is 20.2 Å². The second-order valence-electron chi connectivity index (χ2n) is 9.06. The SMILES string of the molecule is CCC(Nc1nc(NC2CCCCCC2)nc(N(CC#N)c2ccccc2)n1)C1CCCN1. The molecule has 0 spiro atoms. The van der Waals surface area contributed by atoms with E-state index < -0.39 is 0 Å². The lowest BCUT2D eigenvalue weighted by Gasteiger charge is -2.26. The summed E-state index contributed by atoms with van der Waals surface area (Å²) in [5.41, 5.74) is 0.890. The summed E-state index contributed by atoms with van der Waals surface area (Å²) in [5.74, 6) is 1.64. The van der Waals surface area contributed by atoms with E-state index >= 15 is 0 Å². The van der Waals surface area contributed by atoms with E-state index in [0.717, 1.165) is 37.9 Å². The Morgan fingerprint density at radius 3 is 2.45 bits per heavy atom. The smallest absolute Gasteiger partial charge is 0.237 e. The standard InChI is InChI=1S/C25H36N8/c1-2-21(22-15-10-17-27-22)29-24-30-23(28-19-11-6-3-4-7-12-19)31-25(32-24)33(18-16-26)20-13-8-5-9-14-20/h5,8-9,13-14,19,21-22,27H,2-4,6-7,10-12,15,17-18H2,1H3,(H2,28,29,30,31,32). The molecule has 0 bridgehead atoms. The van der Waals surface area contributed by atoms with Gasteiger partial charge in [-0.15, -0.1) is 0 Å². The molecule has 4 rings (SSSR count). The van der Waals surface area contributed by atoms with Crippen LogP contribution in [0, 0.1) is 11.3 Å². The molecule has 8 heteroatoms. The molecule has 2 unspecified atom stereocenters. The molecule has 1 aliphatic heterocycles. The van der Waals surface area contributed by atoms with E-state index in [0.29, 0.717) is 29.9 Å². The Morgan fingerprint density at radius 1 is 1.03 bits per heavy atom. The summed E-state index contributed by atoms with van der Waals surface area (Å²) in [6.45, 7) is 3.41. The number of nitriles is 1. The number of hydrogen-bond donors (Lipinski definition) is 3. The molecular formula is C25H36N8. The fourth-order valence-corrected chi connectivity index (χ4v) is 4.88. The Morgan fingerprint density at radius 2 is 1.79 bits per heavy atom. The highest BCUT2D eigenvalue weighted by atomic mass is 15.3. The third kappa shape index (κ3) is 6.32. The Labute approximate surface area is 197 Å². The zero-order valence-corrected chi connectivity index (χ0v) is 19.6. The van der Waals surface area contributed by atoms with Gasteiger partial charge in [0.15, 0.2) is 0 Å². The van der Waals surface area contributed by atoms with Crippen LogP contribution in [0.3, 0.4) is 0 Å². The molecule has 1 aromatic carbocycles. The van der Waals surface area contributed by atoms with E-state index in [1.807, 2.05) is 35.2 Å². The lowest BCUT2D eigenvalue weighted by Crippen LogP contribution is -2.40. The van der Waals surface area contributed by atoms with Gasteiger partial charge in [0.1, 0.15) is 6.54 Å². The Balaban J connectivity index is 1.64. The maximum absolute atomic E-state index is 9.51. The van der Waals surface area contributed by atoms with Gasteiger partial charge < -0.3 is 16.0 Å². The molecule has 0 radical (unpaired) electrons. The number of rotatable bonds is 9. The number of anilines is 4. The minimum absolute atomic E-state index is 0.164. The molecule has 2 fully saturated rings. The predicted octanol–water partition coefficient (Wildman–Crippen LogP) is 4.61. The number of benzene rings is 1. The van der Waals surface area contributed by atoms with Crippen molar-refractivity contribution in [2.75, 3.05) is 28.6 Å². The first-order chi connectivity index (χ1) is 16.3. The molecular weight excluding hydrogens is 412 g/mol. The van der Waals surface area contributed by atoms with E-state index in [2.05, 4.69) is 28.9 Å². The highest BCUT2D eigenvalue weighted by Gasteiger charge is 2.25. The molecule has 1 saturated heterocycles. The molecule has 1 aromatic heterocycles. The summed E-state index contributed by atoms with van der Waals surface area (Å²) < 4.78 is 0. The molecule has 1 aliphatic carbocycles. The maximum Gasteiger partial charge on any atom is 0.237 e. The number of aromatic nitrogens is 3. The van der Waals surface area contributed by atoms with Crippen molar-refractivity contribution in [3.63, 3.8) is 0 Å².